The maximum Gasteiger partial charge on any atom is 0.235 e. The van der Waals surface area contributed by atoms with Crippen molar-refractivity contribution in [1.82, 2.24) is 0 Å². The van der Waals surface area contributed by atoms with Gasteiger partial charge >= 0.3 is 0 Å². The van der Waals surface area contributed by atoms with E-state index in [9.17, 15) is 34.5 Å². The van der Waals surface area contributed by atoms with Gasteiger partial charge in [0.15, 0.2) is 23.0 Å². The van der Waals surface area contributed by atoms with Gasteiger partial charge in [0.1, 0.15) is 0 Å². The van der Waals surface area contributed by atoms with Crippen molar-refractivity contribution in [3.05, 3.63) is 0 Å². The second-order valence-electron chi connectivity index (χ2n) is 4.38. The second kappa shape index (κ2) is 5.93. The Morgan fingerprint density at radius 2 is 1.30 bits per heavy atom. The van der Waals surface area contributed by atoms with Crippen molar-refractivity contribution < 1.29 is 39.6 Å². The number of halogens is 1. The molecule has 0 rings (SSSR count). The van der Waals surface area contributed by atoms with Gasteiger partial charge in [-0.15, -0.1) is 0 Å². The number of aliphatic hydroxyl groups is 4. The van der Waals surface area contributed by atoms with Crippen LogP contribution in [0.2, 0.25) is 0 Å². The number of carbonyl (C=O) groups is 4. The first kappa shape index (κ1) is 19.2. The van der Waals surface area contributed by atoms with Crippen molar-refractivity contribution in [2.45, 2.75) is 37.6 Å². The van der Waals surface area contributed by atoms with Crippen LogP contribution in [-0.4, -0.2) is 65.0 Å². The van der Waals surface area contributed by atoms with Crippen LogP contribution in [0.1, 0.15) is 20.8 Å². The van der Waals surface area contributed by atoms with E-state index >= 15 is 0 Å². The van der Waals surface area contributed by atoms with Gasteiger partial charge in [0.2, 0.25) is 15.0 Å². The Kier molecular flexibility index (Phi) is 5.71. The highest BCUT2D eigenvalue weighted by atomic mass is 127. The standard InChI is InChI=1S/C11H15IO8/c1-5(14)9(18,4-13)11(20,7(3)16)10(19,6(2)15)8(12)17/h13,18-20H,4H2,1-3H3/t9-,10-,11-/m0/s1. The molecule has 0 unspecified atom stereocenters. The van der Waals surface area contributed by atoms with E-state index in [0.717, 1.165) is 29.5 Å². The highest BCUT2D eigenvalue weighted by Crippen LogP contribution is 2.38. The zero-order valence-electron chi connectivity index (χ0n) is 11.0. The van der Waals surface area contributed by atoms with Crippen LogP contribution in [0.5, 0.6) is 0 Å². The first-order valence-corrected chi connectivity index (χ1v) is 6.42. The molecule has 8 nitrogen and oxygen atoms in total. The van der Waals surface area contributed by atoms with Gasteiger partial charge in [-0.05, 0) is 20.8 Å². The molecule has 0 aromatic carbocycles. The molecule has 9 heteroatoms. The Morgan fingerprint density at radius 3 is 1.45 bits per heavy atom. The van der Waals surface area contributed by atoms with Gasteiger partial charge in [-0.2, -0.15) is 0 Å². The van der Waals surface area contributed by atoms with E-state index in [2.05, 4.69) is 0 Å². The molecule has 0 heterocycles. The minimum absolute atomic E-state index is 0.664. The smallest absolute Gasteiger partial charge is 0.235 e. The summed E-state index contributed by atoms with van der Waals surface area (Å²) in [7, 11) is 0. The van der Waals surface area contributed by atoms with Crippen LogP contribution < -0.4 is 0 Å². The number of ketones is 3. The Morgan fingerprint density at radius 1 is 0.900 bits per heavy atom. The van der Waals surface area contributed by atoms with Crippen molar-refractivity contribution >= 4 is 43.7 Å². The summed E-state index contributed by atoms with van der Waals surface area (Å²) in [6.07, 6.45) is 0. The Balaban J connectivity index is 6.66. The molecule has 20 heavy (non-hydrogen) atoms. The molecule has 0 bridgehead atoms. The van der Waals surface area contributed by atoms with Gasteiger partial charge in [-0.3, -0.25) is 19.2 Å². The Bertz CT molecular complexity index is 459. The van der Waals surface area contributed by atoms with Gasteiger partial charge < -0.3 is 20.4 Å². The van der Waals surface area contributed by atoms with Crippen molar-refractivity contribution in [2.24, 2.45) is 0 Å². The highest BCUT2D eigenvalue weighted by Gasteiger charge is 2.71. The number of hydrogen-bond donors (Lipinski definition) is 4. The maximum absolute atomic E-state index is 11.7. The first-order valence-electron chi connectivity index (χ1n) is 5.35. The zero-order chi connectivity index (χ0) is 16.5. The molecule has 0 aliphatic rings. The summed E-state index contributed by atoms with van der Waals surface area (Å²) in [4.78, 5) is 46.3. The monoisotopic (exact) mass is 402 g/mol. The third-order valence-electron chi connectivity index (χ3n) is 3.24. The normalized spacial score (nSPS) is 20.2. The molecule has 0 aliphatic heterocycles. The third kappa shape index (κ3) is 2.33. The molecule has 114 valence electrons. The number of carbonyl (C=O) groups excluding carboxylic acids is 4. The summed E-state index contributed by atoms with van der Waals surface area (Å²) >= 11 is 0.949. The fourth-order valence-electron chi connectivity index (χ4n) is 1.86. The fourth-order valence-corrected chi connectivity index (χ4v) is 2.63. The summed E-state index contributed by atoms with van der Waals surface area (Å²) < 4.78 is -1.38. The van der Waals surface area contributed by atoms with E-state index in [-0.39, 0.29) is 0 Å². The van der Waals surface area contributed by atoms with Crippen molar-refractivity contribution in [2.75, 3.05) is 6.61 Å². The summed E-state index contributed by atoms with van der Waals surface area (Å²) in [6.45, 7) is 0.611. The lowest BCUT2D eigenvalue weighted by atomic mass is 9.66. The van der Waals surface area contributed by atoms with Crippen LogP contribution in [0, 0.1) is 0 Å². The van der Waals surface area contributed by atoms with E-state index in [1.807, 2.05) is 0 Å². The highest BCUT2D eigenvalue weighted by molar-refractivity contribution is 14.1. The summed E-state index contributed by atoms with van der Waals surface area (Å²) in [5.74, 6) is -4.08. The molecular weight excluding hydrogens is 387 g/mol. The molecular formula is C11H15IO8. The average molecular weight is 402 g/mol. The number of aliphatic hydroxyl groups excluding tert-OH is 1. The Hall–Kier alpha value is -0.750. The zero-order valence-corrected chi connectivity index (χ0v) is 13.2. The van der Waals surface area contributed by atoms with Crippen molar-refractivity contribution in [3.63, 3.8) is 0 Å². The van der Waals surface area contributed by atoms with E-state index in [1.165, 1.54) is 0 Å². The first-order chi connectivity index (χ1) is 8.83. The van der Waals surface area contributed by atoms with Crippen LogP contribution in [0.3, 0.4) is 0 Å². The topological polar surface area (TPSA) is 149 Å². The molecule has 0 fully saturated rings. The van der Waals surface area contributed by atoms with Crippen LogP contribution in [0.25, 0.3) is 0 Å². The van der Waals surface area contributed by atoms with Crippen molar-refractivity contribution in [1.29, 1.82) is 0 Å². The van der Waals surface area contributed by atoms with Gasteiger partial charge in [0.05, 0.1) is 6.61 Å². The lowest BCUT2D eigenvalue weighted by molar-refractivity contribution is -0.229. The predicted octanol–water partition coefficient (Wildman–Crippen LogP) is -2.10. The minimum Gasteiger partial charge on any atom is -0.393 e. The van der Waals surface area contributed by atoms with E-state index < -0.39 is 44.5 Å². The lowest BCUT2D eigenvalue weighted by Gasteiger charge is -2.45. The minimum atomic E-state index is -3.51. The molecule has 0 saturated carbocycles. The molecule has 0 spiro atoms. The molecule has 0 aliphatic carbocycles. The molecule has 0 aromatic rings. The average Bonchev–Trinajstić information content (AvgIpc) is 2.34. The lowest BCUT2D eigenvalue weighted by Crippen LogP contribution is -2.78. The SMILES string of the molecule is CC(=O)[C@](O)(C(=O)I)[C@](O)(C(C)=O)[C@](O)(CO)C(C)=O. The molecule has 0 amide bonds. The Labute approximate surface area is 127 Å². The third-order valence-corrected chi connectivity index (χ3v) is 4.02. The maximum atomic E-state index is 11.7. The number of hydrogen-bond acceptors (Lipinski definition) is 8. The van der Waals surface area contributed by atoms with Crippen LogP contribution in [0.4, 0.5) is 0 Å². The number of rotatable bonds is 7. The predicted molar refractivity (Wildman–Crippen MR) is 73.0 cm³/mol. The molecule has 0 aromatic heterocycles. The summed E-state index contributed by atoms with van der Waals surface area (Å²) in [6, 6.07) is 0. The molecule has 0 saturated heterocycles. The second-order valence-corrected chi connectivity index (χ2v) is 5.36. The fraction of sp³-hybridized carbons (Fsp3) is 0.636. The number of Topliss-reactive ketones (excluding diaryl/α,β-unsaturated/α-hetero) is 3. The molecule has 3 atom stereocenters. The quantitative estimate of drug-likeness (QED) is 0.215. The van der Waals surface area contributed by atoms with Crippen LogP contribution in [0.15, 0.2) is 0 Å². The summed E-state index contributed by atoms with van der Waals surface area (Å²) in [5.41, 5.74) is -10.1. The largest absolute Gasteiger partial charge is 0.393 e. The van der Waals surface area contributed by atoms with Gasteiger partial charge in [0, 0.05) is 22.6 Å². The van der Waals surface area contributed by atoms with Gasteiger partial charge in [-0.25, -0.2) is 0 Å². The summed E-state index contributed by atoms with van der Waals surface area (Å²) in [5, 5.41) is 39.8. The van der Waals surface area contributed by atoms with E-state index in [1.54, 1.807) is 0 Å². The van der Waals surface area contributed by atoms with Gasteiger partial charge in [0.25, 0.3) is 0 Å². The van der Waals surface area contributed by atoms with E-state index in [4.69, 9.17) is 5.11 Å². The molecule has 4 N–H and O–H groups in total. The van der Waals surface area contributed by atoms with Crippen LogP contribution in [-0.2, 0) is 19.2 Å². The van der Waals surface area contributed by atoms with Crippen molar-refractivity contribution in [3.8, 4) is 0 Å². The van der Waals surface area contributed by atoms with Gasteiger partial charge in [-0.1, -0.05) is 0 Å². The molecule has 0 radical (unpaired) electrons. The van der Waals surface area contributed by atoms with E-state index in [0.29, 0.717) is 13.8 Å². The van der Waals surface area contributed by atoms with Crippen LogP contribution >= 0.6 is 22.6 Å².